The van der Waals surface area contributed by atoms with Crippen LogP contribution in [-0.4, -0.2) is 41.0 Å². The number of anilines is 1. The van der Waals surface area contributed by atoms with Crippen molar-refractivity contribution < 1.29 is 14.0 Å². The van der Waals surface area contributed by atoms with Gasteiger partial charge >= 0.3 is 6.03 Å². The molecule has 0 atom stereocenters. The van der Waals surface area contributed by atoms with E-state index in [0.29, 0.717) is 43.9 Å². The fourth-order valence-electron chi connectivity index (χ4n) is 2.78. The summed E-state index contributed by atoms with van der Waals surface area (Å²) in [4.78, 5) is 30.4. The first-order chi connectivity index (χ1) is 12.5. The summed E-state index contributed by atoms with van der Waals surface area (Å²) in [6.45, 7) is 1.43. The molecule has 0 saturated carbocycles. The van der Waals surface area contributed by atoms with Gasteiger partial charge in [-0.05, 0) is 37.1 Å². The minimum Gasteiger partial charge on any atom is -0.337 e. The molecule has 26 heavy (non-hydrogen) atoms. The number of nitrogens with one attached hydrogen (secondary N) is 2. The first kappa shape index (κ1) is 18.3. The second-order valence-electron chi connectivity index (χ2n) is 6.00. The van der Waals surface area contributed by atoms with E-state index in [2.05, 4.69) is 15.6 Å². The van der Waals surface area contributed by atoms with Crippen molar-refractivity contribution in [2.24, 2.45) is 5.73 Å². The van der Waals surface area contributed by atoms with Crippen molar-refractivity contribution in [2.75, 3.05) is 18.4 Å². The monoisotopic (exact) mass is 377 g/mol. The molecule has 1 saturated heterocycles. The van der Waals surface area contributed by atoms with Gasteiger partial charge in [-0.1, -0.05) is 0 Å². The smallest absolute Gasteiger partial charge is 0.319 e. The molecule has 9 heteroatoms. The predicted molar refractivity (Wildman–Crippen MR) is 97.5 cm³/mol. The lowest BCUT2D eigenvalue weighted by Crippen LogP contribution is -2.47. The second kappa shape index (κ2) is 8.24. The molecule has 4 N–H and O–H groups in total. The third-order valence-corrected chi connectivity index (χ3v) is 5.04. The molecule has 0 unspecified atom stereocenters. The Morgan fingerprint density at radius 3 is 2.58 bits per heavy atom. The largest absolute Gasteiger partial charge is 0.337 e. The Morgan fingerprint density at radius 2 is 1.96 bits per heavy atom. The maximum atomic E-state index is 12.9. The average Bonchev–Trinajstić information content (AvgIpc) is 3.13. The zero-order valence-corrected chi connectivity index (χ0v) is 14.9. The molecule has 3 amide bonds. The van der Waals surface area contributed by atoms with E-state index in [9.17, 15) is 14.0 Å². The van der Waals surface area contributed by atoms with Gasteiger partial charge in [0.1, 0.15) is 16.5 Å². The summed E-state index contributed by atoms with van der Waals surface area (Å²) < 4.78 is 12.9. The van der Waals surface area contributed by atoms with E-state index in [0.717, 1.165) is 5.01 Å². The molecule has 0 bridgehead atoms. The summed E-state index contributed by atoms with van der Waals surface area (Å²) in [5.41, 5.74) is 6.48. The van der Waals surface area contributed by atoms with E-state index >= 15 is 0 Å². The predicted octanol–water partition coefficient (Wildman–Crippen LogP) is 2.17. The van der Waals surface area contributed by atoms with Gasteiger partial charge in [-0.15, -0.1) is 11.3 Å². The van der Waals surface area contributed by atoms with E-state index < -0.39 is 0 Å². The van der Waals surface area contributed by atoms with Crippen LogP contribution < -0.4 is 16.4 Å². The van der Waals surface area contributed by atoms with Gasteiger partial charge in [-0.25, -0.2) is 14.2 Å². The Morgan fingerprint density at radius 1 is 1.27 bits per heavy atom. The highest BCUT2D eigenvalue weighted by Crippen LogP contribution is 2.16. The van der Waals surface area contributed by atoms with Crippen LogP contribution in [-0.2, 0) is 6.54 Å². The van der Waals surface area contributed by atoms with Crippen LogP contribution in [0.25, 0.3) is 0 Å². The van der Waals surface area contributed by atoms with Crippen LogP contribution >= 0.6 is 11.3 Å². The van der Waals surface area contributed by atoms with Gasteiger partial charge in [0.25, 0.3) is 5.91 Å². The SMILES string of the molecule is NCc1nc(C(=O)N2CCC(NC(=O)Nc3ccc(F)cc3)CC2)cs1. The van der Waals surface area contributed by atoms with Crippen molar-refractivity contribution in [3.63, 3.8) is 0 Å². The van der Waals surface area contributed by atoms with Gasteiger partial charge in [0.2, 0.25) is 0 Å². The maximum Gasteiger partial charge on any atom is 0.319 e. The van der Waals surface area contributed by atoms with Gasteiger partial charge in [0, 0.05) is 36.7 Å². The number of thiazole rings is 1. The Labute approximate surface area is 154 Å². The lowest BCUT2D eigenvalue weighted by atomic mass is 10.0. The van der Waals surface area contributed by atoms with Gasteiger partial charge in [0.05, 0.1) is 0 Å². The quantitative estimate of drug-likeness (QED) is 0.760. The van der Waals surface area contributed by atoms with Gasteiger partial charge < -0.3 is 21.3 Å². The highest BCUT2D eigenvalue weighted by molar-refractivity contribution is 7.09. The van der Waals surface area contributed by atoms with Crippen molar-refractivity contribution in [1.29, 1.82) is 0 Å². The number of benzene rings is 1. The normalized spacial score (nSPS) is 14.9. The van der Waals surface area contributed by atoms with E-state index in [4.69, 9.17) is 5.73 Å². The van der Waals surface area contributed by atoms with E-state index in [1.54, 1.807) is 10.3 Å². The molecule has 0 aliphatic carbocycles. The number of rotatable bonds is 4. The fourth-order valence-corrected chi connectivity index (χ4v) is 3.43. The van der Waals surface area contributed by atoms with Crippen LogP contribution in [0.15, 0.2) is 29.6 Å². The van der Waals surface area contributed by atoms with Crippen LogP contribution in [0.4, 0.5) is 14.9 Å². The molecule has 1 aliphatic heterocycles. The number of urea groups is 1. The van der Waals surface area contributed by atoms with E-state index in [1.807, 2.05) is 0 Å². The Bertz CT molecular complexity index is 772. The molecule has 0 radical (unpaired) electrons. The summed E-state index contributed by atoms with van der Waals surface area (Å²) >= 11 is 1.38. The van der Waals surface area contributed by atoms with E-state index in [1.165, 1.54) is 35.6 Å². The zero-order valence-electron chi connectivity index (χ0n) is 14.1. The molecule has 2 aromatic rings. The van der Waals surface area contributed by atoms with Crippen molar-refractivity contribution in [3.8, 4) is 0 Å². The van der Waals surface area contributed by atoms with Crippen LogP contribution in [0.5, 0.6) is 0 Å². The third kappa shape index (κ3) is 4.55. The maximum absolute atomic E-state index is 12.9. The van der Waals surface area contributed by atoms with Crippen LogP contribution in [0.2, 0.25) is 0 Å². The molecule has 1 aliphatic rings. The highest BCUT2D eigenvalue weighted by Gasteiger charge is 2.25. The topological polar surface area (TPSA) is 100 Å². The number of hydrogen-bond acceptors (Lipinski definition) is 5. The highest BCUT2D eigenvalue weighted by atomic mass is 32.1. The van der Waals surface area contributed by atoms with Gasteiger partial charge in [-0.3, -0.25) is 4.79 Å². The van der Waals surface area contributed by atoms with Crippen LogP contribution in [0.1, 0.15) is 28.3 Å². The van der Waals surface area contributed by atoms with E-state index in [-0.39, 0.29) is 23.8 Å². The fraction of sp³-hybridized carbons (Fsp3) is 0.353. The van der Waals surface area contributed by atoms with Crippen molar-refractivity contribution in [1.82, 2.24) is 15.2 Å². The number of likely N-dealkylation sites (tertiary alicyclic amines) is 1. The molecule has 1 aromatic carbocycles. The zero-order chi connectivity index (χ0) is 18.5. The number of nitrogens with zero attached hydrogens (tertiary/aromatic N) is 2. The molecule has 7 nitrogen and oxygen atoms in total. The minimum absolute atomic E-state index is 0.0189. The van der Waals surface area contributed by atoms with Crippen LogP contribution in [0.3, 0.4) is 0 Å². The van der Waals surface area contributed by atoms with Crippen molar-refractivity contribution >= 4 is 29.0 Å². The second-order valence-corrected chi connectivity index (χ2v) is 6.95. The number of hydrogen-bond donors (Lipinski definition) is 3. The first-order valence-electron chi connectivity index (χ1n) is 8.32. The first-order valence-corrected chi connectivity index (χ1v) is 9.20. The Kier molecular flexibility index (Phi) is 5.79. The lowest BCUT2D eigenvalue weighted by Gasteiger charge is -2.32. The molecule has 2 heterocycles. The summed E-state index contributed by atoms with van der Waals surface area (Å²) in [5, 5.41) is 8.02. The lowest BCUT2D eigenvalue weighted by molar-refractivity contribution is 0.0703. The number of carbonyl (C=O) groups excluding carboxylic acids is 2. The summed E-state index contributed by atoms with van der Waals surface area (Å²) in [5.74, 6) is -0.457. The third-order valence-electron chi connectivity index (χ3n) is 4.16. The number of carbonyl (C=O) groups is 2. The van der Waals surface area contributed by atoms with Gasteiger partial charge in [0.15, 0.2) is 0 Å². The molecule has 0 spiro atoms. The molecule has 138 valence electrons. The van der Waals surface area contributed by atoms with Crippen LogP contribution in [0, 0.1) is 5.82 Å². The summed E-state index contributed by atoms with van der Waals surface area (Å²) in [7, 11) is 0. The Hall–Kier alpha value is -2.52. The van der Waals surface area contributed by atoms with Crippen molar-refractivity contribution in [3.05, 3.63) is 46.2 Å². The number of aromatic nitrogens is 1. The van der Waals surface area contributed by atoms with Gasteiger partial charge in [-0.2, -0.15) is 0 Å². The summed E-state index contributed by atoms with van der Waals surface area (Å²) in [6.07, 6.45) is 1.33. The molecular formula is C17H20FN5O2S. The average molecular weight is 377 g/mol. The number of amides is 3. The number of halogens is 1. The molecule has 3 rings (SSSR count). The number of piperidine rings is 1. The molecule has 1 fully saturated rings. The standard InChI is InChI=1S/C17H20FN5O2S/c18-11-1-3-12(4-2-11)20-17(25)21-13-5-7-23(8-6-13)16(24)14-10-26-15(9-19)22-14/h1-4,10,13H,5-9,19H2,(H2,20,21,25). The number of nitrogens with two attached hydrogens (primary N) is 1. The Balaban J connectivity index is 1.46. The summed E-state index contributed by atoms with van der Waals surface area (Å²) in [6, 6.07) is 5.21. The minimum atomic E-state index is -0.355. The molecular weight excluding hydrogens is 357 g/mol. The molecule has 1 aromatic heterocycles. The van der Waals surface area contributed by atoms with Crippen molar-refractivity contribution in [2.45, 2.75) is 25.4 Å².